The standard InChI is InChI=1S/C14H12N2O3S/c1-8-9(2)20-13-12(8)14(18)16(7-15-13)5-10-3-4-11(6-17)19-10/h3-4,6-7H,5H2,1-2H3. The molecule has 0 unspecified atom stereocenters. The molecule has 0 fully saturated rings. The maximum absolute atomic E-state index is 12.5. The third kappa shape index (κ3) is 1.98. The summed E-state index contributed by atoms with van der Waals surface area (Å²) in [6.45, 7) is 4.18. The van der Waals surface area contributed by atoms with E-state index in [0.717, 1.165) is 15.3 Å². The van der Waals surface area contributed by atoms with Crippen LogP contribution in [0.1, 0.15) is 26.8 Å². The molecule has 3 heterocycles. The van der Waals surface area contributed by atoms with Crippen molar-refractivity contribution in [2.45, 2.75) is 20.4 Å². The zero-order valence-corrected chi connectivity index (χ0v) is 11.9. The van der Waals surface area contributed by atoms with Crippen molar-refractivity contribution in [3.63, 3.8) is 0 Å². The zero-order chi connectivity index (χ0) is 14.3. The Labute approximate surface area is 118 Å². The minimum absolute atomic E-state index is 0.0825. The normalized spacial score (nSPS) is 11.1. The highest BCUT2D eigenvalue weighted by Crippen LogP contribution is 2.25. The molecule has 0 radical (unpaired) electrons. The molecule has 3 rings (SSSR count). The Morgan fingerprint density at radius 2 is 2.20 bits per heavy atom. The van der Waals surface area contributed by atoms with Crippen molar-refractivity contribution in [1.29, 1.82) is 0 Å². The van der Waals surface area contributed by atoms with Crippen LogP contribution >= 0.6 is 11.3 Å². The third-order valence-electron chi connectivity index (χ3n) is 3.28. The second-order valence-electron chi connectivity index (χ2n) is 4.56. The van der Waals surface area contributed by atoms with Crippen LogP contribution in [0.2, 0.25) is 0 Å². The van der Waals surface area contributed by atoms with Gasteiger partial charge in [-0.3, -0.25) is 14.2 Å². The molecule has 0 saturated carbocycles. The molecule has 3 aromatic rings. The molecule has 102 valence electrons. The molecule has 5 nitrogen and oxygen atoms in total. The third-order valence-corrected chi connectivity index (χ3v) is 4.40. The summed E-state index contributed by atoms with van der Waals surface area (Å²) in [5, 5.41) is 0.664. The van der Waals surface area contributed by atoms with E-state index in [9.17, 15) is 9.59 Å². The average Bonchev–Trinajstić information content (AvgIpc) is 2.99. The molecular weight excluding hydrogens is 276 g/mol. The van der Waals surface area contributed by atoms with Gasteiger partial charge in [0.2, 0.25) is 0 Å². The summed E-state index contributed by atoms with van der Waals surface area (Å²) in [6, 6.07) is 3.27. The second kappa shape index (κ2) is 4.72. The lowest BCUT2D eigenvalue weighted by Gasteiger charge is -2.02. The van der Waals surface area contributed by atoms with Crippen molar-refractivity contribution < 1.29 is 9.21 Å². The summed E-state index contributed by atoms with van der Waals surface area (Å²) in [6.07, 6.45) is 2.16. The molecule has 0 spiro atoms. The van der Waals surface area contributed by atoms with Gasteiger partial charge in [-0.25, -0.2) is 4.98 Å². The first-order valence-corrected chi connectivity index (χ1v) is 6.91. The smallest absolute Gasteiger partial charge is 0.262 e. The first kappa shape index (κ1) is 12.8. The van der Waals surface area contributed by atoms with Crippen molar-refractivity contribution in [2.24, 2.45) is 0 Å². The Balaban J connectivity index is 2.08. The minimum Gasteiger partial charge on any atom is -0.456 e. The number of fused-ring (bicyclic) bond motifs is 1. The number of aldehydes is 1. The summed E-state index contributed by atoms with van der Waals surface area (Å²) in [5.41, 5.74) is 0.894. The molecule has 0 aliphatic rings. The number of aromatic nitrogens is 2. The number of hydrogen-bond acceptors (Lipinski definition) is 5. The van der Waals surface area contributed by atoms with E-state index in [1.165, 1.54) is 22.2 Å². The summed E-state index contributed by atoms with van der Waals surface area (Å²) in [4.78, 5) is 29.2. The van der Waals surface area contributed by atoms with E-state index in [1.807, 2.05) is 13.8 Å². The lowest BCUT2D eigenvalue weighted by atomic mass is 10.2. The molecule has 0 amide bonds. The maximum atomic E-state index is 12.5. The number of hydrogen-bond donors (Lipinski definition) is 0. The zero-order valence-electron chi connectivity index (χ0n) is 11.0. The molecule has 0 N–H and O–H groups in total. The lowest BCUT2D eigenvalue weighted by molar-refractivity contribution is 0.109. The minimum atomic E-state index is -0.0825. The Morgan fingerprint density at radius 3 is 2.90 bits per heavy atom. The van der Waals surface area contributed by atoms with Crippen LogP contribution in [0, 0.1) is 13.8 Å². The van der Waals surface area contributed by atoms with Gasteiger partial charge in [-0.05, 0) is 31.5 Å². The second-order valence-corrected chi connectivity index (χ2v) is 5.77. The monoisotopic (exact) mass is 288 g/mol. The van der Waals surface area contributed by atoms with E-state index in [1.54, 1.807) is 12.1 Å². The van der Waals surface area contributed by atoms with Crippen molar-refractivity contribution >= 4 is 27.8 Å². The van der Waals surface area contributed by atoms with Crippen molar-refractivity contribution in [2.75, 3.05) is 0 Å². The molecule has 0 saturated heterocycles. The van der Waals surface area contributed by atoms with E-state index < -0.39 is 0 Å². The summed E-state index contributed by atoms with van der Waals surface area (Å²) < 4.78 is 6.78. The summed E-state index contributed by atoms with van der Waals surface area (Å²) in [5.74, 6) is 0.810. The summed E-state index contributed by atoms with van der Waals surface area (Å²) in [7, 11) is 0. The van der Waals surface area contributed by atoms with Crippen LogP contribution < -0.4 is 5.56 Å². The van der Waals surface area contributed by atoms with Crippen LogP contribution in [0.3, 0.4) is 0 Å². The number of carbonyl (C=O) groups excluding carboxylic acids is 1. The van der Waals surface area contributed by atoms with Crippen molar-refractivity contribution in [3.05, 3.63) is 50.8 Å². The Kier molecular flexibility index (Phi) is 3.02. The molecular formula is C14H12N2O3S. The number of furan rings is 1. The maximum Gasteiger partial charge on any atom is 0.262 e. The molecule has 3 aromatic heterocycles. The number of carbonyl (C=O) groups is 1. The fourth-order valence-electron chi connectivity index (χ4n) is 2.09. The molecule has 0 bridgehead atoms. The van der Waals surface area contributed by atoms with E-state index >= 15 is 0 Å². The highest BCUT2D eigenvalue weighted by Gasteiger charge is 2.13. The van der Waals surface area contributed by atoms with Crippen LogP contribution in [0.5, 0.6) is 0 Å². The molecule has 0 aliphatic heterocycles. The van der Waals surface area contributed by atoms with E-state index in [4.69, 9.17) is 4.42 Å². The SMILES string of the molecule is Cc1sc2ncn(Cc3ccc(C=O)o3)c(=O)c2c1C. The van der Waals surface area contributed by atoms with Crippen LogP contribution in [0.15, 0.2) is 27.7 Å². The van der Waals surface area contributed by atoms with Crippen LogP contribution in [-0.4, -0.2) is 15.8 Å². The van der Waals surface area contributed by atoms with E-state index in [2.05, 4.69) is 4.98 Å². The van der Waals surface area contributed by atoms with Crippen LogP contribution in [-0.2, 0) is 6.54 Å². The van der Waals surface area contributed by atoms with Gasteiger partial charge in [-0.2, -0.15) is 0 Å². The number of nitrogens with zero attached hydrogens (tertiary/aromatic N) is 2. The van der Waals surface area contributed by atoms with Crippen LogP contribution in [0.25, 0.3) is 10.2 Å². The predicted molar refractivity (Wildman–Crippen MR) is 76.6 cm³/mol. The van der Waals surface area contributed by atoms with Gasteiger partial charge >= 0.3 is 0 Å². The Morgan fingerprint density at radius 1 is 1.40 bits per heavy atom. The van der Waals surface area contributed by atoms with Gasteiger partial charge in [-0.1, -0.05) is 0 Å². The predicted octanol–water partition coefficient (Wildman–Crippen LogP) is 2.53. The Bertz CT molecular complexity index is 857. The number of aryl methyl sites for hydroxylation is 2. The molecule has 0 aromatic carbocycles. The molecule has 0 aliphatic carbocycles. The fourth-order valence-corrected chi connectivity index (χ4v) is 3.08. The van der Waals surface area contributed by atoms with Gasteiger partial charge in [0.1, 0.15) is 10.6 Å². The van der Waals surface area contributed by atoms with Crippen molar-refractivity contribution in [1.82, 2.24) is 9.55 Å². The topological polar surface area (TPSA) is 65.1 Å². The van der Waals surface area contributed by atoms with Gasteiger partial charge < -0.3 is 4.42 Å². The Hall–Kier alpha value is -2.21. The first-order valence-electron chi connectivity index (χ1n) is 6.09. The van der Waals surface area contributed by atoms with Crippen LogP contribution in [0.4, 0.5) is 0 Å². The highest BCUT2D eigenvalue weighted by atomic mass is 32.1. The van der Waals surface area contributed by atoms with Crippen molar-refractivity contribution in [3.8, 4) is 0 Å². The number of thiophene rings is 1. The number of rotatable bonds is 3. The molecule has 20 heavy (non-hydrogen) atoms. The first-order chi connectivity index (χ1) is 9.60. The summed E-state index contributed by atoms with van der Waals surface area (Å²) >= 11 is 1.52. The molecule has 6 heteroatoms. The van der Waals surface area contributed by atoms with E-state index in [-0.39, 0.29) is 17.9 Å². The lowest BCUT2D eigenvalue weighted by Crippen LogP contribution is -2.20. The highest BCUT2D eigenvalue weighted by molar-refractivity contribution is 7.18. The van der Waals surface area contributed by atoms with Gasteiger partial charge in [0.15, 0.2) is 12.0 Å². The molecule has 0 atom stereocenters. The van der Waals surface area contributed by atoms with Gasteiger partial charge in [0.05, 0.1) is 18.3 Å². The average molecular weight is 288 g/mol. The van der Waals surface area contributed by atoms with Gasteiger partial charge in [0, 0.05) is 4.88 Å². The fraction of sp³-hybridized carbons (Fsp3) is 0.214. The quantitative estimate of drug-likeness (QED) is 0.695. The van der Waals surface area contributed by atoms with Gasteiger partial charge in [0.25, 0.3) is 5.56 Å². The largest absolute Gasteiger partial charge is 0.456 e. The van der Waals surface area contributed by atoms with E-state index in [0.29, 0.717) is 17.4 Å². The van der Waals surface area contributed by atoms with Gasteiger partial charge in [-0.15, -0.1) is 11.3 Å².